The maximum absolute atomic E-state index is 11.8. The molecule has 0 saturated carbocycles. The minimum atomic E-state index is 0.160. The number of halogens is 1. The third-order valence-electron chi connectivity index (χ3n) is 2.82. The minimum Gasteiger partial charge on any atom is -0.493 e. The number of rotatable bonds is 6. The van der Waals surface area contributed by atoms with E-state index < -0.39 is 0 Å². The summed E-state index contributed by atoms with van der Waals surface area (Å²) in [6.45, 7) is 5.33. The minimum absolute atomic E-state index is 0.160. The van der Waals surface area contributed by atoms with Gasteiger partial charge >= 0.3 is 0 Å². The number of Topliss-reactive ketones (excluding diaryl/α,β-unsaturated/α-hetero) is 1. The van der Waals surface area contributed by atoms with Gasteiger partial charge in [-0.15, -0.1) is 6.58 Å². The van der Waals surface area contributed by atoms with Gasteiger partial charge in [0.1, 0.15) is 5.75 Å². The van der Waals surface area contributed by atoms with E-state index in [1.807, 2.05) is 6.07 Å². The predicted octanol–water partition coefficient (Wildman–Crippen LogP) is 2.27. The quantitative estimate of drug-likeness (QED) is 0.647. The Balaban J connectivity index is 2.05. The molecule has 0 aliphatic carbocycles. The second-order valence-electron chi connectivity index (χ2n) is 4.29. The molecule has 96 valence electrons. The lowest BCUT2D eigenvalue weighted by Crippen LogP contribution is -2.24. The lowest BCUT2D eigenvalue weighted by molar-refractivity contribution is -0.117. The molecule has 0 unspecified atom stereocenters. The Hall–Kier alpha value is -1.13. The summed E-state index contributed by atoms with van der Waals surface area (Å²) in [7, 11) is 0. The van der Waals surface area contributed by atoms with Gasteiger partial charge in [0.05, 0.1) is 13.2 Å². The second kappa shape index (κ2) is 6.16. The van der Waals surface area contributed by atoms with Crippen molar-refractivity contribution in [1.82, 2.24) is 5.32 Å². The summed E-state index contributed by atoms with van der Waals surface area (Å²) < 4.78 is 6.61. The van der Waals surface area contributed by atoms with Gasteiger partial charge in [0.25, 0.3) is 0 Å². The summed E-state index contributed by atoms with van der Waals surface area (Å²) in [5.41, 5.74) is 2.16. The zero-order chi connectivity index (χ0) is 13.0. The van der Waals surface area contributed by atoms with E-state index in [9.17, 15) is 4.79 Å². The SMILES string of the molecule is C=CCNCC(=O)Cc1cc(Br)cc2c1OCC2. The molecule has 18 heavy (non-hydrogen) atoms. The smallest absolute Gasteiger partial charge is 0.151 e. The zero-order valence-electron chi connectivity index (χ0n) is 10.2. The van der Waals surface area contributed by atoms with Gasteiger partial charge in [-0.1, -0.05) is 22.0 Å². The van der Waals surface area contributed by atoms with Crippen LogP contribution in [-0.2, 0) is 17.6 Å². The number of carbonyl (C=O) groups is 1. The third kappa shape index (κ3) is 3.21. The maximum Gasteiger partial charge on any atom is 0.151 e. The summed E-state index contributed by atoms with van der Waals surface area (Å²) in [6.07, 6.45) is 3.07. The molecule has 0 saturated heterocycles. The Bertz CT molecular complexity index is 471. The highest BCUT2D eigenvalue weighted by molar-refractivity contribution is 9.10. The van der Waals surface area contributed by atoms with Gasteiger partial charge in [0.2, 0.25) is 0 Å². The first kappa shape index (κ1) is 13.3. The highest BCUT2D eigenvalue weighted by Gasteiger charge is 2.18. The Morgan fingerprint density at radius 2 is 2.39 bits per heavy atom. The highest BCUT2D eigenvalue weighted by atomic mass is 79.9. The number of hydrogen-bond donors (Lipinski definition) is 1. The van der Waals surface area contributed by atoms with Crippen LogP contribution in [0, 0.1) is 0 Å². The zero-order valence-corrected chi connectivity index (χ0v) is 11.8. The van der Waals surface area contributed by atoms with Gasteiger partial charge in [-0.3, -0.25) is 4.79 Å². The van der Waals surface area contributed by atoms with E-state index in [-0.39, 0.29) is 5.78 Å². The van der Waals surface area contributed by atoms with Crippen LogP contribution in [-0.4, -0.2) is 25.5 Å². The molecular weight excluding hydrogens is 294 g/mol. The Morgan fingerprint density at radius 3 is 3.17 bits per heavy atom. The van der Waals surface area contributed by atoms with Crippen LogP contribution >= 0.6 is 15.9 Å². The monoisotopic (exact) mass is 309 g/mol. The summed E-state index contributed by atoms with van der Waals surface area (Å²) >= 11 is 3.47. The fourth-order valence-corrected chi connectivity index (χ4v) is 2.62. The Kier molecular flexibility index (Phi) is 4.55. The van der Waals surface area contributed by atoms with E-state index in [2.05, 4.69) is 33.9 Å². The lowest BCUT2D eigenvalue weighted by atomic mass is 10.0. The number of ketones is 1. The van der Waals surface area contributed by atoms with Crippen LogP contribution in [0.4, 0.5) is 0 Å². The number of nitrogens with one attached hydrogen (secondary N) is 1. The molecule has 0 aromatic heterocycles. The van der Waals surface area contributed by atoms with Gasteiger partial charge in [-0.25, -0.2) is 0 Å². The topological polar surface area (TPSA) is 38.3 Å². The number of carbonyl (C=O) groups excluding carboxylic acids is 1. The van der Waals surface area contributed by atoms with Crippen LogP contribution < -0.4 is 10.1 Å². The molecule has 1 N–H and O–H groups in total. The number of fused-ring (bicyclic) bond motifs is 1. The van der Waals surface area contributed by atoms with Crippen molar-refractivity contribution in [3.63, 3.8) is 0 Å². The fraction of sp³-hybridized carbons (Fsp3) is 0.357. The van der Waals surface area contributed by atoms with E-state index in [0.29, 0.717) is 26.1 Å². The molecule has 1 heterocycles. The van der Waals surface area contributed by atoms with E-state index >= 15 is 0 Å². The van der Waals surface area contributed by atoms with Crippen LogP contribution in [0.5, 0.6) is 5.75 Å². The molecule has 4 heteroatoms. The molecule has 0 atom stereocenters. The second-order valence-corrected chi connectivity index (χ2v) is 5.20. The number of hydrogen-bond acceptors (Lipinski definition) is 3. The Labute approximate surface area is 115 Å². The number of benzene rings is 1. The molecule has 0 fully saturated rings. The van der Waals surface area contributed by atoms with Crippen LogP contribution in [0.15, 0.2) is 29.3 Å². The van der Waals surface area contributed by atoms with Gasteiger partial charge in [-0.2, -0.15) is 0 Å². The Morgan fingerprint density at radius 1 is 1.56 bits per heavy atom. The summed E-state index contributed by atoms with van der Waals surface area (Å²) in [6, 6.07) is 4.03. The van der Waals surface area contributed by atoms with Gasteiger partial charge in [0, 0.05) is 29.4 Å². The molecule has 1 aliphatic rings. The molecule has 1 aromatic rings. The molecule has 2 rings (SSSR count). The molecule has 0 bridgehead atoms. The molecular formula is C14H16BrNO2. The highest BCUT2D eigenvalue weighted by Crippen LogP contribution is 2.33. The van der Waals surface area contributed by atoms with Crippen molar-refractivity contribution in [3.05, 3.63) is 40.4 Å². The summed E-state index contributed by atoms with van der Waals surface area (Å²) in [4.78, 5) is 11.8. The maximum atomic E-state index is 11.8. The van der Waals surface area contributed by atoms with Crippen LogP contribution in [0.1, 0.15) is 11.1 Å². The molecule has 0 amide bonds. The van der Waals surface area contributed by atoms with Crippen molar-refractivity contribution in [1.29, 1.82) is 0 Å². The summed E-state index contributed by atoms with van der Waals surface area (Å²) in [5.74, 6) is 1.06. The van der Waals surface area contributed by atoms with Crippen molar-refractivity contribution in [3.8, 4) is 5.75 Å². The van der Waals surface area contributed by atoms with Crippen molar-refractivity contribution in [2.75, 3.05) is 19.7 Å². The van der Waals surface area contributed by atoms with Crippen molar-refractivity contribution in [2.45, 2.75) is 12.8 Å². The van der Waals surface area contributed by atoms with Gasteiger partial charge < -0.3 is 10.1 Å². The standard InChI is InChI=1S/C14H16BrNO2/c1-2-4-16-9-13(17)8-11-7-12(15)6-10-3-5-18-14(10)11/h2,6-7,16H,1,3-5,8-9H2. The average Bonchev–Trinajstić information content (AvgIpc) is 2.77. The van der Waals surface area contributed by atoms with Crippen LogP contribution in [0.3, 0.4) is 0 Å². The largest absolute Gasteiger partial charge is 0.493 e. The van der Waals surface area contributed by atoms with E-state index in [4.69, 9.17) is 4.74 Å². The van der Waals surface area contributed by atoms with Crippen molar-refractivity contribution < 1.29 is 9.53 Å². The third-order valence-corrected chi connectivity index (χ3v) is 3.28. The molecule has 0 radical (unpaired) electrons. The first-order valence-electron chi connectivity index (χ1n) is 5.98. The lowest BCUT2D eigenvalue weighted by Gasteiger charge is -2.08. The van der Waals surface area contributed by atoms with E-state index in [1.54, 1.807) is 6.08 Å². The number of ether oxygens (including phenoxy) is 1. The van der Waals surface area contributed by atoms with Crippen LogP contribution in [0.25, 0.3) is 0 Å². The summed E-state index contributed by atoms with van der Waals surface area (Å²) in [5, 5.41) is 3.02. The first-order chi connectivity index (χ1) is 8.70. The normalized spacial score (nSPS) is 12.9. The molecule has 1 aliphatic heterocycles. The van der Waals surface area contributed by atoms with Gasteiger partial charge in [0.15, 0.2) is 5.78 Å². The molecule has 0 spiro atoms. The van der Waals surface area contributed by atoms with Crippen molar-refractivity contribution in [2.24, 2.45) is 0 Å². The van der Waals surface area contributed by atoms with Crippen molar-refractivity contribution >= 4 is 21.7 Å². The van der Waals surface area contributed by atoms with Gasteiger partial charge in [-0.05, 0) is 17.7 Å². The predicted molar refractivity (Wildman–Crippen MR) is 75.1 cm³/mol. The average molecular weight is 310 g/mol. The van der Waals surface area contributed by atoms with E-state index in [1.165, 1.54) is 5.56 Å². The molecule has 3 nitrogen and oxygen atoms in total. The fourth-order valence-electron chi connectivity index (χ4n) is 2.07. The first-order valence-corrected chi connectivity index (χ1v) is 6.77. The van der Waals surface area contributed by atoms with Crippen LogP contribution in [0.2, 0.25) is 0 Å². The van der Waals surface area contributed by atoms with E-state index in [0.717, 1.165) is 22.2 Å². The molecule has 1 aromatic carbocycles.